The van der Waals surface area contributed by atoms with Crippen LogP contribution in [-0.4, -0.2) is 44.8 Å². The number of hydrogen-bond donors (Lipinski definition) is 0. The molecular formula is C11H24ClNOSi. The Morgan fingerprint density at radius 3 is 2.27 bits per heavy atom. The molecule has 1 saturated heterocycles. The Bertz CT molecular complexity index is 209. The Kier molecular flexibility index (Phi) is 4.26. The standard InChI is InChI=1S/C11H24ClNOSi/c1-11(2,3)15(4,5)14-10-8-13(9-10)7-6-12/h10H,6-9H2,1-5H3. The van der Waals surface area contributed by atoms with Gasteiger partial charge in [0.25, 0.3) is 0 Å². The van der Waals surface area contributed by atoms with E-state index in [-0.39, 0.29) is 0 Å². The van der Waals surface area contributed by atoms with Crippen LogP contribution in [-0.2, 0) is 4.43 Å². The summed E-state index contributed by atoms with van der Waals surface area (Å²) in [6.45, 7) is 14.6. The third-order valence-corrected chi connectivity index (χ3v) is 8.30. The molecule has 4 heteroatoms. The number of rotatable bonds is 4. The summed E-state index contributed by atoms with van der Waals surface area (Å²) in [6, 6.07) is 0. The first-order valence-electron chi connectivity index (χ1n) is 5.72. The molecule has 0 bridgehead atoms. The minimum atomic E-state index is -1.55. The maximum absolute atomic E-state index is 6.27. The van der Waals surface area contributed by atoms with Crippen molar-refractivity contribution in [3.8, 4) is 0 Å². The maximum Gasteiger partial charge on any atom is 0.192 e. The molecule has 0 radical (unpaired) electrons. The highest BCUT2D eigenvalue weighted by Crippen LogP contribution is 2.38. The molecule has 0 aromatic rings. The molecule has 2 nitrogen and oxygen atoms in total. The van der Waals surface area contributed by atoms with Gasteiger partial charge in [-0.25, -0.2) is 0 Å². The van der Waals surface area contributed by atoms with Gasteiger partial charge in [-0.15, -0.1) is 11.6 Å². The zero-order valence-electron chi connectivity index (χ0n) is 10.6. The van der Waals surface area contributed by atoms with E-state index in [4.69, 9.17) is 16.0 Å². The normalized spacial score (nSPS) is 20.4. The van der Waals surface area contributed by atoms with Crippen LogP contribution in [0.2, 0.25) is 18.1 Å². The maximum atomic E-state index is 6.27. The molecule has 0 atom stereocenters. The van der Waals surface area contributed by atoms with Crippen LogP contribution < -0.4 is 0 Å². The number of likely N-dealkylation sites (tertiary alicyclic amines) is 1. The third kappa shape index (κ3) is 3.45. The van der Waals surface area contributed by atoms with E-state index in [9.17, 15) is 0 Å². The van der Waals surface area contributed by atoms with Gasteiger partial charge >= 0.3 is 0 Å². The van der Waals surface area contributed by atoms with Crippen molar-refractivity contribution in [3.63, 3.8) is 0 Å². The molecule has 1 aliphatic heterocycles. The lowest BCUT2D eigenvalue weighted by Gasteiger charge is -2.46. The molecule has 0 aromatic heterocycles. The second kappa shape index (κ2) is 4.74. The topological polar surface area (TPSA) is 12.5 Å². The van der Waals surface area contributed by atoms with E-state index in [1.165, 1.54) is 0 Å². The molecule has 0 aromatic carbocycles. The van der Waals surface area contributed by atoms with Crippen molar-refractivity contribution in [1.29, 1.82) is 0 Å². The molecule has 0 spiro atoms. The number of hydrogen-bond acceptors (Lipinski definition) is 2. The van der Waals surface area contributed by atoms with Gasteiger partial charge in [-0.2, -0.15) is 0 Å². The van der Waals surface area contributed by atoms with E-state index in [0.29, 0.717) is 11.1 Å². The molecule has 1 heterocycles. The van der Waals surface area contributed by atoms with Gasteiger partial charge < -0.3 is 4.43 Å². The van der Waals surface area contributed by atoms with Gasteiger partial charge in [0.1, 0.15) is 0 Å². The fourth-order valence-electron chi connectivity index (χ4n) is 1.49. The van der Waals surface area contributed by atoms with Crippen LogP contribution in [0.15, 0.2) is 0 Å². The molecule has 0 aliphatic carbocycles. The van der Waals surface area contributed by atoms with Crippen LogP contribution in [0.3, 0.4) is 0 Å². The van der Waals surface area contributed by atoms with Crippen molar-refractivity contribution < 1.29 is 4.43 Å². The fraction of sp³-hybridized carbons (Fsp3) is 1.00. The van der Waals surface area contributed by atoms with E-state index < -0.39 is 8.32 Å². The highest BCUT2D eigenvalue weighted by atomic mass is 35.5. The van der Waals surface area contributed by atoms with Gasteiger partial charge in [0.15, 0.2) is 8.32 Å². The molecule has 0 amide bonds. The van der Waals surface area contributed by atoms with Crippen molar-refractivity contribution in [2.24, 2.45) is 0 Å². The highest BCUT2D eigenvalue weighted by molar-refractivity contribution is 6.74. The Morgan fingerprint density at radius 2 is 1.87 bits per heavy atom. The Labute approximate surface area is 100 Å². The lowest BCUT2D eigenvalue weighted by atomic mass is 10.2. The third-order valence-electron chi connectivity index (χ3n) is 3.59. The van der Waals surface area contributed by atoms with Crippen LogP contribution in [0.25, 0.3) is 0 Å². The summed E-state index contributed by atoms with van der Waals surface area (Å²) in [7, 11) is -1.55. The lowest BCUT2D eigenvalue weighted by Crippen LogP contribution is -2.57. The van der Waals surface area contributed by atoms with Crippen molar-refractivity contribution in [2.45, 2.75) is 45.0 Å². The highest BCUT2D eigenvalue weighted by Gasteiger charge is 2.41. The Balaban J connectivity index is 2.33. The van der Waals surface area contributed by atoms with Crippen LogP contribution in [0.4, 0.5) is 0 Å². The average molecular weight is 250 g/mol. The summed E-state index contributed by atoms with van der Waals surface area (Å²) in [4.78, 5) is 2.35. The van der Waals surface area contributed by atoms with Crippen molar-refractivity contribution in [3.05, 3.63) is 0 Å². The predicted molar refractivity (Wildman–Crippen MR) is 69.2 cm³/mol. The second-order valence-electron chi connectivity index (χ2n) is 5.95. The van der Waals surface area contributed by atoms with Gasteiger partial charge in [-0.05, 0) is 18.1 Å². The monoisotopic (exact) mass is 249 g/mol. The first-order chi connectivity index (χ1) is 6.76. The molecule has 1 fully saturated rings. The smallest absolute Gasteiger partial charge is 0.192 e. The summed E-state index contributed by atoms with van der Waals surface area (Å²) >= 11 is 5.69. The number of halogens is 1. The fourth-order valence-corrected chi connectivity index (χ4v) is 3.07. The SMILES string of the molecule is CC(C)(C)[Si](C)(C)OC1CN(CCCl)C1. The first-order valence-corrected chi connectivity index (χ1v) is 9.17. The molecule has 0 saturated carbocycles. The van der Waals surface area contributed by atoms with E-state index in [1.54, 1.807) is 0 Å². The second-order valence-corrected chi connectivity index (χ2v) is 11.1. The van der Waals surface area contributed by atoms with Crippen molar-refractivity contribution >= 4 is 19.9 Å². The van der Waals surface area contributed by atoms with Gasteiger partial charge in [0.2, 0.25) is 0 Å². The quantitative estimate of drug-likeness (QED) is 0.561. The zero-order chi connectivity index (χ0) is 11.7. The summed E-state index contributed by atoms with van der Waals surface area (Å²) in [5.41, 5.74) is 0. The molecule has 15 heavy (non-hydrogen) atoms. The van der Waals surface area contributed by atoms with Gasteiger partial charge in [0, 0.05) is 25.5 Å². The summed E-state index contributed by atoms with van der Waals surface area (Å²) in [5.74, 6) is 0.729. The number of alkyl halides is 1. The minimum absolute atomic E-state index is 0.319. The average Bonchev–Trinajstić information content (AvgIpc) is 1.98. The molecule has 1 aliphatic rings. The Morgan fingerprint density at radius 1 is 1.33 bits per heavy atom. The molecule has 1 rings (SSSR count). The largest absolute Gasteiger partial charge is 0.411 e. The summed E-state index contributed by atoms with van der Waals surface area (Å²) in [5, 5.41) is 0.319. The predicted octanol–water partition coefficient (Wildman–Crippen LogP) is 2.93. The van der Waals surface area contributed by atoms with Crippen molar-refractivity contribution in [2.75, 3.05) is 25.5 Å². The van der Waals surface area contributed by atoms with Crippen LogP contribution >= 0.6 is 11.6 Å². The van der Waals surface area contributed by atoms with Gasteiger partial charge in [-0.1, -0.05) is 20.8 Å². The minimum Gasteiger partial charge on any atom is -0.411 e. The van der Waals surface area contributed by atoms with E-state index in [2.05, 4.69) is 38.8 Å². The van der Waals surface area contributed by atoms with E-state index in [0.717, 1.165) is 25.5 Å². The van der Waals surface area contributed by atoms with E-state index in [1.807, 2.05) is 0 Å². The van der Waals surface area contributed by atoms with Crippen molar-refractivity contribution in [1.82, 2.24) is 4.90 Å². The zero-order valence-corrected chi connectivity index (χ0v) is 12.4. The first kappa shape index (κ1) is 13.5. The lowest BCUT2D eigenvalue weighted by molar-refractivity contribution is 0.0150. The van der Waals surface area contributed by atoms with Gasteiger partial charge in [0.05, 0.1) is 6.10 Å². The van der Waals surface area contributed by atoms with Crippen LogP contribution in [0, 0.1) is 0 Å². The van der Waals surface area contributed by atoms with Gasteiger partial charge in [-0.3, -0.25) is 4.90 Å². The summed E-state index contributed by atoms with van der Waals surface area (Å²) in [6.07, 6.45) is 0.453. The van der Waals surface area contributed by atoms with E-state index >= 15 is 0 Å². The van der Waals surface area contributed by atoms with Crippen LogP contribution in [0.1, 0.15) is 20.8 Å². The molecule has 0 unspecified atom stereocenters. The Hall–Kier alpha value is 0.427. The summed E-state index contributed by atoms with van der Waals surface area (Å²) < 4.78 is 6.27. The molecule has 0 N–H and O–H groups in total. The van der Waals surface area contributed by atoms with Crippen LogP contribution in [0.5, 0.6) is 0 Å². The molecular weight excluding hydrogens is 226 g/mol. The number of nitrogens with zero attached hydrogens (tertiary/aromatic N) is 1. The molecule has 90 valence electrons.